The predicted octanol–water partition coefficient (Wildman–Crippen LogP) is 4.93. The highest BCUT2D eigenvalue weighted by Crippen LogP contribution is 2.31. The molecule has 0 saturated heterocycles. The van der Waals surface area contributed by atoms with E-state index in [0.717, 1.165) is 44.9 Å². The molecule has 262 valence electrons. The number of benzene rings is 1. The van der Waals surface area contributed by atoms with Crippen molar-refractivity contribution in [2.45, 2.75) is 109 Å². The normalized spacial score (nSPS) is 23.1. The van der Waals surface area contributed by atoms with Gasteiger partial charge >= 0.3 is 0 Å². The van der Waals surface area contributed by atoms with Crippen molar-refractivity contribution in [3.05, 3.63) is 35.2 Å². The molecule has 13 heteroatoms. The van der Waals surface area contributed by atoms with Crippen molar-refractivity contribution in [2.24, 2.45) is 11.8 Å². The lowest BCUT2D eigenvalue weighted by Crippen LogP contribution is -2.48. The number of aliphatic hydroxyl groups is 1. The van der Waals surface area contributed by atoms with Crippen molar-refractivity contribution in [3.8, 4) is 5.75 Å². The molecule has 1 aliphatic carbocycles. The zero-order valence-corrected chi connectivity index (χ0v) is 29.5. The van der Waals surface area contributed by atoms with Crippen LogP contribution in [0.5, 0.6) is 5.75 Å². The molecule has 0 bridgehead atoms. The number of fused-ring (bicyclic) bond motifs is 1. The minimum atomic E-state index is -3.93. The zero-order valence-electron chi connectivity index (χ0n) is 28.7. The predicted molar refractivity (Wildman–Crippen MR) is 178 cm³/mol. The molecule has 1 aromatic heterocycles. The molecule has 4 rings (SSSR count). The van der Waals surface area contributed by atoms with Crippen molar-refractivity contribution in [1.29, 1.82) is 0 Å². The van der Waals surface area contributed by atoms with E-state index in [4.69, 9.17) is 14.0 Å². The van der Waals surface area contributed by atoms with Gasteiger partial charge in [0.05, 0.1) is 30.4 Å². The van der Waals surface area contributed by atoms with E-state index in [0.29, 0.717) is 30.0 Å². The number of ether oxygens (including phenoxy) is 2. The van der Waals surface area contributed by atoms with Crippen LogP contribution in [0.25, 0.3) is 0 Å². The highest BCUT2D eigenvalue weighted by Gasteiger charge is 2.34. The number of carbonyl (C=O) groups excluding carboxylic acids is 2. The number of nitrogens with zero attached hydrogens (tertiary/aromatic N) is 3. The van der Waals surface area contributed by atoms with Gasteiger partial charge in [0.1, 0.15) is 16.3 Å². The van der Waals surface area contributed by atoms with Crippen LogP contribution in [0.2, 0.25) is 0 Å². The third kappa shape index (κ3) is 9.13. The Hall–Kier alpha value is -3.00. The van der Waals surface area contributed by atoms with Gasteiger partial charge in [-0.15, -0.1) is 0 Å². The molecule has 1 aromatic carbocycles. The Kier molecular flexibility index (Phi) is 12.9. The minimum absolute atomic E-state index is 0.0382. The highest BCUT2D eigenvalue weighted by atomic mass is 32.2. The monoisotopic (exact) mass is 676 g/mol. The van der Waals surface area contributed by atoms with Gasteiger partial charge in [0, 0.05) is 44.3 Å². The maximum atomic E-state index is 14.4. The summed E-state index contributed by atoms with van der Waals surface area (Å²) in [6, 6.07) is 4.60. The first-order chi connectivity index (χ1) is 22.3. The number of hydrogen-bond donors (Lipinski definition) is 2. The molecule has 47 heavy (non-hydrogen) atoms. The third-order valence-corrected chi connectivity index (χ3v) is 11.4. The van der Waals surface area contributed by atoms with Gasteiger partial charge in [0.25, 0.3) is 5.91 Å². The van der Waals surface area contributed by atoms with Crippen LogP contribution in [0.1, 0.15) is 93.9 Å². The lowest BCUT2D eigenvalue weighted by Gasteiger charge is -2.35. The van der Waals surface area contributed by atoms with E-state index in [1.165, 1.54) is 11.4 Å². The Morgan fingerprint density at radius 3 is 2.49 bits per heavy atom. The summed E-state index contributed by atoms with van der Waals surface area (Å²) in [5.41, 5.74) is 1.09. The summed E-state index contributed by atoms with van der Waals surface area (Å²) in [5, 5.41) is 17.1. The fourth-order valence-corrected chi connectivity index (χ4v) is 7.89. The minimum Gasteiger partial charge on any atom is -0.490 e. The van der Waals surface area contributed by atoms with Crippen LogP contribution in [-0.2, 0) is 19.6 Å². The molecule has 2 aromatic rings. The van der Waals surface area contributed by atoms with E-state index in [1.54, 1.807) is 43.9 Å². The topological polar surface area (TPSA) is 152 Å². The summed E-state index contributed by atoms with van der Waals surface area (Å²) in [4.78, 5) is 29.1. The van der Waals surface area contributed by atoms with E-state index in [9.17, 15) is 23.1 Å². The van der Waals surface area contributed by atoms with Crippen LogP contribution in [-0.4, -0.2) is 91.3 Å². The molecule has 2 amide bonds. The van der Waals surface area contributed by atoms with Crippen LogP contribution in [0.4, 0.5) is 5.69 Å². The molecule has 1 saturated carbocycles. The maximum Gasteiger partial charge on any atom is 0.258 e. The largest absolute Gasteiger partial charge is 0.490 e. The SMILES string of the molecule is Cc1noc(C)c1S(=O)(=O)N(C)C[C@H]1OCCCC[C@@H](C)Oc2ccc(NC(=O)C3CCCCC3)cc2C(=O)N([C@@H](C)CO)C[C@@H]1C. The number of anilines is 1. The number of hydrogen-bond acceptors (Lipinski definition) is 9. The first-order valence-electron chi connectivity index (χ1n) is 16.9. The molecule has 0 unspecified atom stereocenters. The Bertz CT molecular complexity index is 1450. The van der Waals surface area contributed by atoms with Crippen molar-refractivity contribution in [1.82, 2.24) is 14.4 Å². The first kappa shape index (κ1) is 36.8. The lowest BCUT2D eigenvalue weighted by atomic mass is 9.88. The average Bonchev–Trinajstić information content (AvgIpc) is 3.40. The van der Waals surface area contributed by atoms with Crippen molar-refractivity contribution in [3.63, 3.8) is 0 Å². The van der Waals surface area contributed by atoms with Crippen LogP contribution in [0, 0.1) is 25.7 Å². The second-order valence-electron chi connectivity index (χ2n) is 13.3. The summed E-state index contributed by atoms with van der Waals surface area (Å²) >= 11 is 0. The summed E-state index contributed by atoms with van der Waals surface area (Å²) < 4.78 is 46.1. The molecule has 12 nitrogen and oxygen atoms in total. The van der Waals surface area contributed by atoms with E-state index < -0.39 is 22.2 Å². The molecule has 1 fully saturated rings. The fourth-order valence-electron chi connectivity index (χ4n) is 6.42. The summed E-state index contributed by atoms with van der Waals surface area (Å²) in [6.07, 6.45) is 6.43. The molecule has 1 aliphatic heterocycles. The third-order valence-electron chi connectivity index (χ3n) is 9.37. The van der Waals surface area contributed by atoms with Gasteiger partial charge in [-0.05, 0) is 78.0 Å². The molecular weight excluding hydrogens is 624 g/mol. The van der Waals surface area contributed by atoms with E-state index in [-0.39, 0.29) is 65.8 Å². The number of likely N-dealkylation sites (N-methyl/N-ethyl adjacent to an activating group) is 1. The molecule has 4 atom stereocenters. The van der Waals surface area contributed by atoms with Crippen LogP contribution >= 0.6 is 0 Å². The molecule has 2 heterocycles. The number of amides is 2. The van der Waals surface area contributed by atoms with Crippen molar-refractivity contribution in [2.75, 3.05) is 38.7 Å². The Labute approximate surface area is 279 Å². The molecule has 0 spiro atoms. The lowest BCUT2D eigenvalue weighted by molar-refractivity contribution is -0.120. The van der Waals surface area contributed by atoms with Gasteiger partial charge in [-0.25, -0.2) is 8.42 Å². The van der Waals surface area contributed by atoms with Crippen molar-refractivity contribution < 1.29 is 37.1 Å². The average molecular weight is 677 g/mol. The summed E-state index contributed by atoms with van der Waals surface area (Å²) in [7, 11) is -2.43. The number of aliphatic hydroxyl groups excluding tert-OH is 1. The van der Waals surface area contributed by atoms with Crippen LogP contribution in [0.15, 0.2) is 27.6 Å². The number of aryl methyl sites for hydroxylation is 2. The Morgan fingerprint density at radius 1 is 1.13 bits per heavy atom. The number of sulfonamides is 1. The Morgan fingerprint density at radius 2 is 1.83 bits per heavy atom. The Balaban J connectivity index is 1.64. The number of carbonyl (C=O) groups is 2. The molecule has 2 aliphatic rings. The summed E-state index contributed by atoms with van der Waals surface area (Å²) in [5.74, 6) is -0.148. The van der Waals surface area contributed by atoms with Gasteiger partial charge < -0.3 is 29.3 Å². The van der Waals surface area contributed by atoms with Crippen LogP contribution in [0.3, 0.4) is 0 Å². The van der Waals surface area contributed by atoms with Gasteiger partial charge in [0.2, 0.25) is 15.9 Å². The quantitative estimate of drug-likeness (QED) is 0.397. The standard InChI is InChI=1S/C34H52N4O8S/c1-22-19-38(23(2)21-39)34(41)29-18-28(35-33(40)27-13-8-7-9-14-27)15-16-30(29)45-24(3)12-10-11-17-44-31(22)20-37(6)47(42,43)32-25(4)36-46-26(32)5/h15-16,18,22-24,27,31,39H,7-14,17,19-21H2,1-6H3,(H,35,40)/t22-,23-,24+,31+/m0/s1. The van der Waals surface area contributed by atoms with E-state index in [2.05, 4.69) is 10.5 Å². The maximum absolute atomic E-state index is 14.4. The van der Waals surface area contributed by atoms with Gasteiger partial charge in [-0.1, -0.05) is 31.3 Å². The number of aromatic nitrogens is 1. The second kappa shape index (κ2) is 16.4. The molecule has 0 radical (unpaired) electrons. The van der Waals surface area contributed by atoms with Gasteiger partial charge in [-0.2, -0.15) is 4.31 Å². The zero-order chi connectivity index (χ0) is 34.3. The summed E-state index contributed by atoms with van der Waals surface area (Å²) in [6.45, 7) is 9.12. The molecular formula is C34H52N4O8S. The number of rotatable bonds is 8. The van der Waals surface area contributed by atoms with E-state index in [1.807, 2.05) is 13.8 Å². The molecule has 2 N–H and O–H groups in total. The fraction of sp³-hybridized carbons (Fsp3) is 0.676. The number of nitrogens with one attached hydrogen (secondary N) is 1. The van der Waals surface area contributed by atoms with Crippen molar-refractivity contribution >= 4 is 27.5 Å². The smallest absolute Gasteiger partial charge is 0.258 e. The van der Waals surface area contributed by atoms with E-state index >= 15 is 0 Å². The van der Waals surface area contributed by atoms with Crippen LogP contribution < -0.4 is 10.1 Å². The highest BCUT2D eigenvalue weighted by molar-refractivity contribution is 7.89. The second-order valence-corrected chi connectivity index (χ2v) is 15.3. The first-order valence-corrected chi connectivity index (χ1v) is 18.3. The van der Waals surface area contributed by atoms with Gasteiger partial charge in [0.15, 0.2) is 5.76 Å². The van der Waals surface area contributed by atoms with Gasteiger partial charge in [-0.3, -0.25) is 9.59 Å².